The monoisotopic (exact) mass is 440 g/mol. The largest absolute Gasteiger partial charge is 0.325 e. The number of aryl methyl sites for hydroxylation is 3. The number of rotatable bonds is 7. The first kappa shape index (κ1) is 22.5. The van der Waals surface area contributed by atoms with E-state index in [1.807, 2.05) is 93.6 Å². The summed E-state index contributed by atoms with van der Waals surface area (Å²) in [5, 5.41) is 2.94. The van der Waals surface area contributed by atoms with Crippen molar-refractivity contribution in [2.24, 2.45) is 0 Å². The third-order valence-electron chi connectivity index (χ3n) is 6.39. The summed E-state index contributed by atoms with van der Waals surface area (Å²) in [4.78, 5) is 40.9. The molecule has 0 radical (unpaired) electrons. The van der Waals surface area contributed by atoms with Gasteiger partial charge in [0.05, 0.1) is 6.54 Å². The quantitative estimate of drug-likeness (QED) is 0.432. The van der Waals surface area contributed by atoms with Gasteiger partial charge in [0.15, 0.2) is 5.78 Å². The van der Waals surface area contributed by atoms with E-state index < -0.39 is 11.6 Å². The molecule has 168 valence electrons. The fraction of sp³-hybridized carbons (Fsp3) is 0.250. The predicted molar refractivity (Wildman–Crippen MR) is 128 cm³/mol. The van der Waals surface area contributed by atoms with Gasteiger partial charge in [-0.05, 0) is 54.7 Å². The molecule has 3 amide bonds. The summed E-state index contributed by atoms with van der Waals surface area (Å²) >= 11 is 0. The van der Waals surface area contributed by atoms with Gasteiger partial charge >= 0.3 is 6.03 Å². The number of carbonyl (C=O) groups is 3. The fourth-order valence-electron chi connectivity index (χ4n) is 4.50. The maximum atomic E-state index is 13.7. The van der Waals surface area contributed by atoms with Crippen LogP contribution in [0.4, 0.5) is 4.79 Å². The molecule has 0 atom stereocenters. The Bertz CT molecular complexity index is 1160. The van der Waals surface area contributed by atoms with Gasteiger partial charge in [-0.25, -0.2) is 4.79 Å². The average molecular weight is 441 g/mol. The van der Waals surface area contributed by atoms with E-state index in [-0.39, 0.29) is 18.2 Å². The van der Waals surface area contributed by atoms with Gasteiger partial charge in [-0.3, -0.25) is 14.5 Å². The summed E-state index contributed by atoms with van der Waals surface area (Å²) < 4.78 is 0. The highest BCUT2D eigenvalue weighted by molar-refractivity contribution is 6.11. The maximum Gasteiger partial charge on any atom is 0.325 e. The topological polar surface area (TPSA) is 66.5 Å². The number of nitrogens with zero attached hydrogens (tertiary/aromatic N) is 1. The van der Waals surface area contributed by atoms with Crippen molar-refractivity contribution in [3.05, 3.63) is 106 Å². The van der Waals surface area contributed by atoms with Crippen LogP contribution in [0.1, 0.15) is 38.2 Å². The smallest absolute Gasteiger partial charge is 0.322 e. The molecule has 1 saturated heterocycles. The highest BCUT2D eigenvalue weighted by Crippen LogP contribution is 2.28. The standard InChI is InChI=1S/C28H28N2O3/c1-19-14-21(3)24(15-20(19)2)25(31)18-30-26(32)28(29-27(30)33,16-22-10-6-4-7-11-22)17-23-12-8-5-9-13-23/h4-15H,16-18H2,1-3H3,(H,29,33). The van der Waals surface area contributed by atoms with Crippen LogP contribution in [0.2, 0.25) is 0 Å². The van der Waals surface area contributed by atoms with E-state index in [2.05, 4.69) is 5.32 Å². The van der Waals surface area contributed by atoms with E-state index >= 15 is 0 Å². The Morgan fingerprint density at radius 2 is 1.30 bits per heavy atom. The van der Waals surface area contributed by atoms with E-state index in [0.29, 0.717) is 18.4 Å². The minimum atomic E-state index is -1.14. The Morgan fingerprint density at radius 1 is 0.788 bits per heavy atom. The van der Waals surface area contributed by atoms with Gasteiger partial charge in [-0.2, -0.15) is 0 Å². The minimum Gasteiger partial charge on any atom is -0.322 e. The molecule has 5 nitrogen and oxygen atoms in total. The average Bonchev–Trinajstić information content (AvgIpc) is 3.01. The van der Waals surface area contributed by atoms with Crippen LogP contribution in [0.15, 0.2) is 72.8 Å². The van der Waals surface area contributed by atoms with Crippen molar-refractivity contribution in [1.82, 2.24) is 10.2 Å². The van der Waals surface area contributed by atoms with Crippen molar-refractivity contribution < 1.29 is 14.4 Å². The third-order valence-corrected chi connectivity index (χ3v) is 6.39. The number of urea groups is 1. The molecular weight excluding hydrogens is 412 g/mol. The Kier molecular flexibility index (Phi) is 6.14. The van der Waals surface area contributed by atoms with Crippen LogP contribution in [0.5, 0.6) is 0 Å². The van der Waals surface area contributed by atoms with Crippen LogP contribution in [0, 0.1) is 20.8 Å². The summed E-state index contributed by atoms with van der Waals surface area (Å²) in [6.45, 7) is 5.54. The zero-order chi connectivity index (χ0) is 23.6. The van der Waals surface area contributed by atoms with E-state index in [1.165, 1.54) is 0 Å². The summed E-state index contributed by atoms with van der Waals surface area (Å²) in [7, 11) is 0. The molecule has 0 bridgehead atoms. The molecule has 1 N–H and O–H groups in total. The molecule has 5 heteroatoms. The number of hydrogen-bond acceptors (Lipinski definition) is 3. The molecule has 4 rings (SSSR count). The van der Waals surface area contributed by atoms with Gasteiger partial charge in [0, 0.05) is 18.4 Å². The zero-order valence-corrected chi connectivity index (χ0v) is 19.2. The molecule has 1 fully saturated rings. The van der Waals surface area contributed by atoms with Crippen LogP contribution in [-0.4, -0.2) is 34.7 Å². The maximum absolute atomic E-state index is 13.7. The normalized spacial score (nSPS) is 14.9. The Morgan fingerprint density at radius 3 is 1.85 bits per heavy atom. The first-order chi connectivity index (χ1) is 15.8. The number of nitrogens with one attached hydrogen (secondary N) is 1. The van der Waals surface area contributed by atoms with Gasteiger partial charge < -0.3 is 5.32 Å². The lowest BCUT2D eigenvalue weighted by atomic mass is 9.84. The molecule has 0 spiro atoms. The molecule has 3 aromatic rings. The van der Waals surface area contributed by atoms with E-state index in [0.717, 1.165) is 32.7 Å². The zero-order valence-electron chi connectivity index (χ0n) is 19.2. The number of ketones is 1. The fourth-order valence-corrected chi connectivity index (χ4v) is 4.50. The summed E-state index contributed by atoms with van der Waals surface area (Å²) in [5.41, 5.74) is 4.24. The molecule has 1 aliphatic rings. The van der Waals surface area contributed by atoms with Crippen LogP contribution < -0.4 is 5.32 Å². The number of Topliss-reactive ketones (excluding diaryl/α,β-unsaturated/α-hetero) is 1. The van der Waals surface area contributed by atoms with E-state index in [1.54, 1.807) is 0 Å². The highest BCUT2D eigenvalue weighted by Gasteiger charge is 2.51. The van der Waals surface area contributed by atoms with Crippen molar-refractivity contribution in [3.63, 3.8) is 0 Å². The van der Waals surface area contributed by atoms with Crippen LogP contribution in [0.3, 0.4) is 0 Å². The first-order valence-electron chi connectivity index (χ1n) is 11.1. The summed E-state index contributed by atoms with van der Waals surface area (Å²) in [6.07, 6.45) is 0.696. The number of amides is 3. The van der Waals surface area contributed by atoms with Crippen molar-refractivity contribution >= 4 is 17.7 Å². The molecule has 0 aliphatic carbocycles. The second kappa shape index (κ2) is 9.02. The molecule has 1 heterocycles. The van der Waals surface area contributed by atoms with Crippen molar-refractivity contribution in [2.75, 3.05) is 6.54 Å². The molecule has 0 unspecified atom stereocenters. The second-order valence-corrected chi connectivity index (χ2v) is 8.90. The summed E-state index contributed by atoms with van der Waals surface area (Å²) in [6, 6.07) is 22.5. The van der Waals surface area contributed by atoms with E-state index in [9.17, 15) is 14.4 Å². The molecular formula is C28H28N2O3. The van der Waals surface area contributed by atoms with Gasteiger partial charge in [-0.1, -0.05) is 66.7 Å². The molecule has 33 heavy (non-hydrogen) atoms. The lowest BCUT2D eigenvalue weighted by molar-refractivity contribution is -0.131. The minimum absolute atomic E-state index is 0.241. The molecule has 1 aliphatic heterocycles. The molecule has 0 saturated carbocycles. The molecule has 0 aromatic heterocycles. The Labute approximate surface area is 194 Å². The van der Waals surface area contributed by atoms with Crippen molar-refractivity contribution in [1.29, 1.82) is 0 Å². The summed E-state index contributed by atoms with van der Waals surface area (Å²) in [5.74, 6) is -0.607. The van der Waals surface area contributed by atoms with E-state index in [4.69, 9.17) is 0 Å². The second-order valence-electron chi connectivity index (χ2n) is 8.90. The highest BCUT2D eigenvalue weighted by atomic mass is 16.2. The van der Waals surface area contributed by atoms with Gasteiger partial charge in [-0.15, -0.1) is 0 Å². The van der Waals surface area contributed by atoms with Gasteiger partial charge in [0.2, 0.25) is 0 Å². The third kappa shape index (κ3) is 4.58. The van der Waals surface area contributed by atoms with Crippen LogP contribution in [-0.2, 0) is 17.6 Å². The van der Waals surface area contributed by atoms with Crippen LogP contribution >= 0.6 is 0 Å². The molecule has 3 aromatic carbocycles. The Balaban J connectivity index is 1.64. The number of carbonyl (C=O) groups excluding carboxylic acids is 3. The van der Waals surface area contributed by atoms with Gasteiger partial charge in [0.1, 0.15) is 5.54 Å². The Hall–Kier alpha value is -3.73. The first-order valence-corrected chi connectivity index (χ1v) is 11.1. The van der Waals surface area contributed by atoms with Crippen molar-refractivity contribution in [3.8, 4) is 0 Å². The SMILES string of the molecule is Cc1cc(C)c(C(=O)CN2C(=O)NC(Cc3ccccc3)(Cc3ccccc3)C2=O)cc1C. The lowest BCUT2D eigenvalue weighted by Crippen LogP contribution is -2.51. The van der Waals surface area contributed by atoms with Gasteiger partial charge in [0.25, 0.3) is 5.91 Å². The van der Waals surface area contributed by atoms with Crippen molar-refractivity contribution in [2.45, 2.75) is 39.2 Å². The number of benzene rings is 3. The number of imide groups is 1. The predicted octanol–water partition coefficient (Wildman–Crippen LogP) is 4.57. The number of hydrogen-bond donors (Lipinski definition) is 1. The van der Waals surface area contributed by atoms with Crippen LogP contribution in [0.25, 0.3) is 0 Å². The lowest BCUT2D eigenvalue weighted by Gasteiger charge is -2.27.